The van der Waals surface area contributed by atoms with Crippen LogP contribution in [0.1, 0.15) is 31.9 Å². The van der Waals surface area contributed by atoms with E-state index in [2.05, 4.69) is 24.5 Å². The summed E-state index contributed by atoms with van der Waals surface area (Å²) in [5, 5.41) is 15.6. The first-order chi connectivity index (χ1) is 9.60. The predicted molar refractivity (Wildman–Crippen MR) is 79.7 cm³/mol. The van der Waals surface area contributed by atoms with E-state index in [9.17, 15) is 9.90 Å². The van der Waals surface area contributed by atoms with Gasteiger partial charge in [-0.2, -0.15) is 0 Å². The zero-order chi connectivity index (χ0) is 14.5. The highest BCUT2D eigenvalue weighted by molar-refractivity contribution is 5.89. The number of urea groups is 1. The quantitative estimate of drug-likeness (QED) is 0.788. The molecule has 0 aromatic heterocycles. The lowest BCUT2D eigenvalue weighted by atomic mass is 10.1. The number of anilines is 1. The number of aliphatic hydroxyl groups excluding tert-OH is 1. The van der Waals surface area contributed by atoms with Gasteiger partial charge in [0.2, 0.25) is 0 Å². The van der Waals surface area contributed by atoms with E-state index in [1.807, 2.05) is 24.3 Å². The van der Waals surface area contributed by atoms with Crippen molar-refractivity contribution in [2.45, 2.75) is 32.4 Å². The summed E-state index contributed by atoms with van der Waals surface area (Å²) in [4.78, 5) is 13.6. The molecule has 1 aliphatic heterocycles. The third-order valence-corrected chi connectivity index (χ3v) is 3.62. The molecule has 1 aliphatic rings. The summed E-state index contributed by atoms with van der Waals surface area (Å²) >= 11 is 0. The van der Waals surface area contributed by atoms with Crippen molar-refractivity contribution < 1.29 is 9.90 Å². The Morgan fingerprint density at radius 3 is 2.70 bits per heavy atom. The zero-order valence-electron chi connectivity index (χ0n) is 12.1. The first-order valence-corrected chi connectivity index (χ1v) is 7.17. The SMILES string of the molecule is CCNC(C)c1ccc(NC(=O)N2CCC(O)C2)cc1. The molecule has 5 nitrogen and oxygen atoms in total. The molecule has 2 unspecified atom stereocenters. The number of carbonyl (C=O) groups excluding carboxylic acids is 1. The number of hydrogen-bond acceptors (Lipinski definition) is 3. The molecule has 5 heteroatoms. The number of nitrogens with zero attached hydrogens (tertiary/aromatic N) is 1. The summed E-state index contributed by atoms with van der Waals surface area (Å²) in [5.74, 6) is 0. The molecule has 0 saturated carbocycles. The van der Waals surface area contributed by atoms with Gasteiger partial charge in [0, 0.05) is 24.8 Å². The lowest BCUT2D eigenvalue weighted by Crippen LogP contribution is -2.33. The van der Waals surface area contributed by atoms with Crippen molar-refractivity contribution >= 4 is 11.7 Å². The van der Waals surface area contributed by atoms with Crippen molar-refractivity contribution in [1.82, 2.24) is 10.2 Å². The molecule has 0 bridgehead atoms. The summed E-state index contributed by atoms with van der Waals surface area (Å²) in [6.07, 6.45) is 0.274. The standard InChI is InChI=1S/C15H23N3O2/c1-3-16-11(2)12-4-6-13(7-5-12)17-15(20)18-9-8-14(19)10-18/h4-7,11,14,16,19H,3,8-10H2,1-2H3,(H,17,20). The van der Waals surface area contributed by atoms with Crippen LogP contribution in [0.15, 0.2) is 24.3 Å². The van der Waals surface area contributed by atoms with Crippen LogP contribution in [0.3, 0.4) is 0 Å². The molecule has 1 aromatic rings. The second-order valence-electron chi connectivity index (χ2n) is 5.22. The third kappa shape index (κ3) is 3.71. The molecular formula is C15H23N3O2. The van der Waals surface area contributed by atoms with E-state index >= 15 is 0 Å². The fourth-order valence-electron chi connectivity index (χ4n) is 2.41. The maximum atomic E-state index is 12.0. The number of likely N-dealkylation sites (tertiary alicyclic amines) is 1. The first-order valence-electron chi connectivity index (χ1n) is 7.17. The van der Waals surface area contributed by atoms with Crippen molar-refractivity contribution in [1.29, 1.82) is 0 Å². The number of hydrogen-bond donors (Lipinski definition) is 3. The molecule has 2 atom stereocenters. The Bertz CT molecular complexity index is 447. The minimum absolute atomic E-state index is 0.144. The second kappa shape index (κ2) is 6.72. The molecule has 1 aromatic carbocycles. The molecule has 3 N–H and O–H groups in total. The number of amides is 2. The summed E-state index contributed by atoms with van der Waals surface area (Å²) in [7, 11) is 0. The Kier molecular flexibility index (Phi) is 4.98. The molecule has 1 heterocycles. The van der Waals surface area contributed by atoms with Gasteiger partial charge in [0.1, 0.15) is 0 Å². The number of benzene rings is 1. The number of carbonyl (C=O) groups is 1. The maximum absolute atomic E-state index is 12.0. The molecular weight excluding hydrogens is 254 g/mol. The van der Waals surface area contributed by atoms with Gasteiger partial charge in [0.05, 0.1) is 6.10 Å². The summed E-state index contributed by atoms with van der Waals surface area (Å²) in [6.45, 7) is 6.15. The number of aliphatic hydroxyl groups is 1. The van der Waals surface area contributed by atoms with Gasteiger partial charge in [-0.1, -0.05) is 19.1 Å². The highest BCUT2D eigenvalue weighted by Crippen LogP contribution is 2.17. The Morgan fingerprint density at radius 2 is 2.15 bits per heavy atom. The van der Waals surface area contributed by atoms with Crippen LogP contribution in [0, 0.1) is 0 Å². The van der Waals surface area contributed by atoms with Gasteiger partial charge < -0.3 is 20.6 Å². The molecule has 2 rings (SSSR count). The molecule has 2 amide bonds. The van der Waals surface area contributed by atoms with Crippen molar-refractivity contribution in [2.75, 3.05) is 25.0 Å². The van der Waals surface area contributed by atoms with Gasteiger partial charge >= 0.3 is 6.03 Å². The first kappa shape index (κ1) is 14.8. The molecule has 20 heavy (non-hydrogen) atoms. The van der Waals surface area contributed by atoms with Crippen LogP contribution in [0.5, 0.6) is 0 Å². The van der Waals surface area contributed by atoms with Gasteiger partial charge in [-0.25, -0.2) is 4.79 Å². The summed E-state index contributed by atoms with van der Waals surface area (Å²) in [6, 6.07) is 8.01. The highest BCUT2D eigenvalue weighted by Gasteiger charge is 2.24. The minimum atomic E-state index is -0.385. The smallest absolute Gasteiger partial charge is 0.321 e. The summed E-state index contributed by atoms with van der Waals surface area (Å²) in [5.41, 5.74) is 1.98. The third-order valence-electron chi connectivity index (χ3n) is 3.62. The van der Waals surface area contributed by atoms with Gasteiger partial charge in [-0.05, 0) is 37.6 Å². The van der Waals surface area contributed by atoms with Gasteiger partial charge in [0.15, 0.2) is 0 Å². The van der Waals surface area contributed by atoms with E-state index in [0.717, 1.165) is 12.2 Å². The Labute approximate surface area is 120 Å². The van der Waals surface area contributed by atoms with E-state index in [0.29, 0.717) is 25.6 Å². The van der Waals surface area contributed by atoms with Crippen LogP contribution in [0.25, 0.3) is 0 Å². The molecule has 1 fully saturated rings. The van der Waals surface area contributed by atoms with Crippen molar-refractivity contribution in [3.8, 4) is 0 Å². The Balaban J connectivity index is 1.92. The van der Waals surface area contributed by atoms with Crippen LogP contribution < -0.4 is 10.6 Å². The van der Waals surface area contributed by atoms with E-state index < -0.39 is 0 Å². The summed E-state index contributed by atoms with van der Waals surface area (Å²) < 4.78 is 0. The van der Waals surface area contributed by atoms with E-state index in [4.69, 9.17) is 0 Å². The van der Waals surface area contributed by atoms with Crippen LogP contribution in [-0.2, 0) is 0 Å². The predicted octanol–water partition coefficient (Wildman–Crippen LogP) is 1.96. The van der Waals surface area contributed by atoms with Gasteiger partial charge in [-0.15, -0.1) is 0 Å². The van der Waals surface area contributed by atoms with Crippen molar-refractivity contribution in [3.05, 3.63) is 29.8 Å². The van der Waals surface area contributed by atoms with E-state index in [-0.39, 0.29) is 12.1 Å². The number of β-amino-alcohol motifs (C(OH)–C–C–N with tert-alkyl or cyclic N) is 1. The fourth-order valence-corrected chi connectivity index (χ4v) is 2.41. The average Bonchev–Trinajstić information content (AvgIpc) is 2.86. The largest absolute Gasteiger partial charge is 0.391 e. The second-order valence-corrected chi connectivity index (χ2v) is 5.22. The monoisotopic (exact) mass is 277 g/mol. The Morgan fingerprint density at radius 1 is 1.45 bits per heavy atom. The lowest BCUT2D eigenvalue weighted by molar-refractivity contribution is 0.176. The lowest BCUT2D eigenvalue weighted by Gasteiger charge is -2.17. The average molecular weight is 277 g/mol. The molecule has 1 saturated heterocycles. The van der Waals surface area contributed by atoms with E-state index in [1.165, 1.54) is 5.56 Å². The molecule has 0 aliphatic carbocycles. The molecule has 110 valence electrons. The highest BCUT2D eigenvalue weighted by atomic mass is 16.3. The number of nitrogens with one attached hydrogen (secondary N) is 2. The topological polar surface area (TPSA) is 64.6 Å². The minimum Gasteiger partial charge on any atom is -0.391 e. The van der Waals surface area contributed by atoms with Crippen LogP contribution >= 0.6 is 0 Å². The van der Waals surface area contributed by atoms with Crippen LogP contribution in [0.4, 0.5) is 10.5 Å². The molecule has 0 radical (unpaired) electrons. The van der Waals surface area contributed by atoms with Crippen molar-refractivity contribution in [2.24, 2.45) is 0 Å². The maximum Gasteiger partial charge on any atom is 0.321 e. The zero-order valence-corrected chi connectivity index (χ0v) is 12.1. The fraction of sp³-hybridized carbons (Fsp3) is 0.533. The van der Waals surface area contributed by atoms with Crippen molar-refractivity contribution in [3.63, 3.8) is 0 Å². The Hall–Kier alpha value is -1.59. The van der Waals surface area contributed by atoms with Crippen LogP contribution in [-0.4, -0.2) is 41.8 Å². The van der Waals surface area contributed by atoms with E-state index in [1.54, 1.807) is 4.90 Å². The normalized spacial score (nSPS) is 19.9. The van der Waals surface area contributed by atoms with Gasteiger partial charge in [-0.3, -0.25) is 0 Å². The molecule has 0 spiro atoms. The van der Waals surface area contributed by atoms with Gasteiger partial charge in [0.25, 0.3) is 0 Å². The number of rotatable bonds is 4. The van der Waals surface area contributed by atoms with Crippen LogP contribution in [0.2, 0.25) is 0 Å².